The largest absolute Gasteiger partial charge is 0.314 e. The fourth-order valence-corrected chi connectivity index (χ4v) is 2.79. The van der Waals surface area contributed by atoms with E-state index in [0.29, 0.717) is 12.5 Å². The van der Waals surface area contributed by atoms with Crippen LogP contribution in [-0.4, -0.2) is 26.8 Å². The van der Waals surface area contributed by atoms with Crippen LogP contribution in [0.25, 0.3) is 0 Å². The number of hydrogen-bond acceptors (Lipinski definition) is 4. The van der Waals surface area contributed by atoms with Gasteiger partial charge in [0.05, 0.1) is 5.75 Å². The Balaban J connectivity index is 0.00000225. The average Bonchev–Trinajstić information content (AvgIpc) is 2.26. The van der Waals surface area contributed by atoms with Crippen LogP contribution >= 0.6 is 9.47 Å². The Morgan fingerprint density at radius 1 is 1.25 bits per heavy atom. The molecule has 0 aromatic carbocycles. The number of rotatable bonds is 6. The summed E-state index contributed by atoms with van der Waals surface area (Å²) in [7, 11) is -1.52. The van der Waals surface area contributed by atoms with Crippen LogP contribution in [0.15, 0.2) is 0 Å². The van der Waals surface area contributed by atoms with E-state index in [-0.39, 0.29) is 26.8 Å². The molecule has 0 aliphatic heterocycles. The van der Waals surface area contributed by atoms with E-state index in [1.807, 2.05) is 0 Å². The molecule has 1 unspecified atom stereocenters. The SMILES string of the molecule is O=S(=O)(CCCNC1CCCCC1)OP.[W]. The molecule has 0 saturated heterocycles. The van der Waals surface area contributed by atoms with Gasteiger partial charge in [0.2, 0.25) is 0 Å². The maximum absolute atomic E-state index is 11.0. The summed E-state index contributed by atoms with van der Waals surface area (Å²) in [5, 5.41) is 3.39. The number of nitrogens with one attached hydrogen (secondary N) is 1. The van der Waals surface area contributed by atoms with Crippen molar-refractivity contribution in [3.63, 3.8) is 0 Å². The molecule has 0 aromatic rings. The molecule has 1 N–H and O–H groups in total. The van der Waals surface area contributed by atoms with Crippen molar-refractivity contribution in [3.8, 4) is 0 Å². The second kappa shape index (κ2) is 8.99. The van der Waals surface area contributed by atoms with Gasteiger partial charge in [-0.15, -0.1) is 0 Å². The molecule has 1 aliphatic rings. The molecule has 4 nitrogen and oxygen atoms in total. The molecule has 1 fully saturated rings. The Hall–Kier alpha value is 0.988. The third kappa shape index (κ3) is 7.34. The van der Waals surface area contributed by atoms with Gasteiger partial charge in [-0.1, -0.05) is 19.3 Å². The van der Waals surface area contributed by atoms with Crippen molar-refractivity contribution < 1.29 is 33.5 Å². The summed E-state index contributed by atoms with van der Waals surface area (Å²) in [6.07, 6.45) is 7.01. The summed E-state index contributed by atoms with van der Waals surface area (Å²) >= 11 is 0. The monoisotopic (exact) mass is 437 g/mol. The molecular formula is C9H20NO3PSW. The van der Waals surface area contributed by atoms with Crippen LogP contribution in [0.1, 0.15) is 38.5 Å². The van der Waals surface area contributed by atoms with Gasteiger partial charge in [0, 0.05) is 36.6 Å². The van der Waals surface area contributed by atoms with Crippen LogP contribution in [-0.2, 0) is 35.2 Å². The molecule has 16 heavy (non-hydrogen) atoms. The molecule has 0 amide bonds. The molecule has 1 rings (SSSR count). The Bertz CT molecular complexity index is 268. The standard InChI is InChI=1S/C9H20NO3PS.W/c11-15(12,13-14)8-4-7-10-9-5-2-1-3-6-9;/h9-10H,1-8,14H2;. The molecule has 0 bridgehead atoms. The summed E-state index contributed by atoms with van der Waals surface area (Å²) in [6, 6.07) is 0.596. The summed E-state index contributed by atoms with van der Waals surface area (Å²) in [5.41, 5.74) is 0. The summed E-state index contributed by atoms with van der Waals surface area (Å²) in [4.78, 5) is 0. The van der Waals surface area contributed by atoms with Crippen LogP contribution in [0.4, 0.5) is 0 Å². The van der Waals surface area contributed by atoms with Gasteiger partial charge < -0.3 is 5.32 Å². The second-order valence-electron chi connectivity index (χ2n) is 4.00. The van der Waals surface area contributed by atoms with Crippen molar-refractivity contribution in [1.82, 2.24) is 5.32 Å². The van der Waals surface area contributed by atoms with Gasteiger partial charge >= 0.3 is 0 Å². The van der Waals surface area contributed by atoms with Crippen molar-refractivity contribution in [2.75, 3.05) is 12.3 Å². The summed E-state index contributed by atoms with van der Waals surface area (Å²) in [6.45, 7) is 0.762. The Morgan fingerprint density at radius 2 is 1.88 bits per heavy atom. The topological polar surface area (TPSA) is 55.4 Å². The first kappa shape index (κ1) is 17.0. The zero-order chi connectivity index (χ0) is 11.1. The minimum atomic E-state index is -3.30. The normalized spacial score (nSPS) is 18.1. The zero-order valence-corrected chi connectivity index (χ0v) is 14.3. The van der Waals surface area contributed by atoms with E-state index >= 15 is 0 Å². The molecule has 0 aromatic heterocycles. The molecule has 0 heterocycles. The fraction of sp³-hybridized carbons (Fsp3) is 1.00. The van der Waals surface area contributed by atoms with Crippen LogP contribution in [0, 0.1) is 0 Å². The van der Waals surface area contributed by atoms with Crippen molar-refractivity contribution in [2.45, 2.75) is 44.6 Å². The van der Waals surface area contributed by atoms with Gasteiger partial charge in [0.1, 0.15) is 0 Å². The van der Waals surface area contributed by atoms with E-state index in [1.165, 1.54) is 32.1 Å². The van der Waals surface area contributed by atoms with E-state index in [9.17, 15) is 8.42 Å². The smallest absolute Gasteiger partial charge is 0.269 e. The van der Waals surface area contributed by atoms with Gasteiger partial charge in [0.15, 0.2) is 0 Å². The molecule has 7 heteroatoms. The van der Waals surface area contributed by atoms with Crippen molar-refractivity contribution in [2.24, 2.45) is 0 Å². The van der Waals surface area contributed by atoms with Gasteiger partial charge in [-0.2, -0.15) is 8.42 Å². The minimum absolute atomic E-state index is 0. The fourth-order valence-electron chi connectivity index (χ4n) is 1.91. The van der Waals surface area contributed by atoms with E-state index < -0.39 is 10.1 Å². The van der Waals surface area contributed by atoms with Crippen molar-refractivity contribution in [3.05, 3.63) is 0 Å². The van der Waals surface area contributed by atoms with Crippen LogP contribution in [0.3, 0.4) is 0 Å². The molecule has 1 saturated carbocycles. The summed E-state index contributed by atoms with van der Waals surface area (Å²) < 4.78 is 26.2. The van der Waals surface area contributed by atoms with E-state index in [0.717, 1.165) is 6.54 Å². The first-order chi connectivity index (χ1) is 7.14. The number of hydrogen-bond donors (Lipinski definition) is 1. The van der Waals surface area contributed by atoms with E-state index in [2.05, 4.69) is 9.29 Å². The first-order valence-corrected chi connectivity index (χ1v) is 7.53. The molecule has 1 aliphatic carbocycles. The van der Waals surface area contributed by atoms with Gasteiger partial charge in [-0.3, -0.25) is 3.97 Å². The maximum Gasteiger partial charge on any atom is 0.269 e. The van der Waals surface area contributed by atoms with Gasteiger partial charge in [-0.05, 0) is 25.8 Å². The third-order valence-electron chi connectivity index (χ3n) is 2.76. The Morgan fingerprint density at radius 3 is 2.44 bits per heavy atom. The second-order valence-corrected chi connectivity index (χ2v) is 6.29. The quantitative estimate of drug-likeness (QED) is 0.505. The predicted molar refractivity (Wildman–Crippen MR) is 64.1 cm³/mol. The maximum atomic E-state index is 11.0. The first-order valence-electron chi connectivity index (χ1n) is 5.48. The Kier molecular flexibility index (Phi) is 9.55. The Labute approximate surface area is 115 Å². The van der Waals surface area contributed by atoms with Gasteiger partial charge in [-0.25, -0.2) is 0 Å². The third-order valence-corrected chi connectivity index (χ3v) is 4.72. The van der Waals surface area contributed by atoms with Crippen LogP contribution in [0.5, 0.6) is 0 Å². The molecule has 0 radical (unpaired) electrons. The van der Waals surface area contributed by atoms with E-state index in [1.54, 1.807) is 9.47 Å². The zero-order valence-electron chi connectivity index (χ0n) is 9.35. The van der Waals surface area contributed by atoms with Crippen LogP contribution in [0.2, 0.25) is 0 Å². The molecular weight excluding hydrogens is 417 g/mol. The molecule has 96 valence electrons. The molecule has 0 spiro atoms. The average molecular weight is 437 g/mol. The van der Waals surface area contributed by atoms with Crippen LogP contribution < -0.4 is 5.32 Å². The summed E-state index contributed by atoms with van der Waals surface area (Å²) in [5.74, 6) is 0.0935. The van der Waals surface area contributed by atoms with Crippen molar-refractivity contribution >= 4 is 19.6 Å². The minimum Gasteiger partial charge on any atom is -0.314 e. The van der Waals surface area contributed by atoms with E-state index in [4.69, 9.17) is 0 Å². The van der Waals surface area contributed by atoms with Gasteiger partial charge in [0.25, 0.3) is 10.1 Å². The molecule has 1 atom stereocenters. The predicted octanol–water partition coefficient (Wildman–Crippen LogP) is 1.43. The van der Waals surface area contributed by atoms with Crippen molar-refractivity contribution in [1.29, 1.82) is 0 Å².